The van der Waals surface area contributed by atoms with Gasteiger partial charge in [0.2, 0.25) is 5.82 Å². The molecule has 0 amide bonds. The second-order valence-corrected chi connectivity index (χ2v) is 2.80. The van der Waals surface area contributed by atoms with Gasteiger partial charge in [-0.2, -0.15) is 4.98 Å². The van der Waals surface area contributed by atoms with Crippen molar-refractivity contribution in [2.24, 2.45) is 0 Å². The van der Waals surface area contributed by atoms with Gasteiger partial charge >= 0.3 is 12.4 Å². The lowest BCUT2D eigenvalue weighted by molar-refractivity contribution is -0.283. The molecular formula is C9H5F3N2O2. The Bertz CT molecular complexity index is 467. The van der Waals surface area contributed by atoms with E-state index in [0.717, 1.165) is 0 Å². The van der Waals surface area contributed by atoms with Gasteiger partial charge in [0.1, 0.15) is 0 Å². The maximum absolute atomic E-state index is 11.8. The van der Waals surface area contributed by atoms with Gasteiger partial charge < -0.3 is 4.74 Å². The summed E-state index contributed by atoms with van der Waals surface area (Å²) in [5.41, 5.74) is 0.545. The van der Waals surface area contributed by atoms with Gasteiger partial charge in [0.15, 0.2) is 0 Å². The highest BCUT2D eigenvalue weighted by atomic mass is 19.4. The molecule has 0 unspecified atom stereocenters. The lowest BCUT2D eigenvalue weighted by Gasteiger charge is -2.01. The number of ether oxygens (including phenoxy) is 1. The Morgan fingerprint density at radius 2 is 1.81 bits per heavy atom. The first-order valence-corrected chi connectivity index (χ1v) is 4.19. The SMILES string of the molecule is FC(F)(F)Oc1nc(-c2ccccc2)no1. The van der Waals surface area contributed by atoms with Crippen molar-refractivity contribution in [1.82, 2.24) is 10.1 Å². The van der Waals surface area contributed by atoms with Crippen molar-refractivity contribution in [2.45, 2.75) is 6.36 Å². The second-order valence-electron chi connectivity index (χ2n) is 2.80. The molecule has 84 valence electrons. The summed E-state index contributed by atoms with van der Waals surface area (Å²) in [6.45, 7) is 0. The summed E-state index contributed by atoms with van der Waals surface area (Å²) < 4.78 is 43.2. The molecule has 0 spiro atoms. The molecule has 1 heterocycles. The zero-order valence-corrected chi connectivity index (χ0v) is 7.73. The third-order valence-corrected chi connectivity index (χ3v) is 1.64. The van der Waals surface area contributed by atoms with Gasteiger partial charge in [-0.25, -0.2) is 0 Å². The molecule has 16 heavy (non-hydrogen) atoms. The van der Waals surface area contributed by atoms with Crippen LogP contribution >= 0.6 is 0 Å². The fourth-order valence-electron chi connectivity index (χ4n) is 1.05. The summed E-state index contributed by atoms with van der Waals surface area (Å²) >= 11 is 0. The smallest absolute Gasteiger partial charge is 0.355 e. The van der Waals surface area contributed by atoms with Crippen LogP contribution in [0.3, 0.4) is 0 Å². The van der Waals surface area contributed by atoms with Crippen LogP contribution in [-0.2, 0) is 0 Å². The van der Waals surface area contributed by atoms with Crippen molar-refractivity contribution < 1.29 is 22.4 Å². The van der Waals surface area contributed by atoms with Crippen LogP contribution in [0.15, 0.2) is 34.9 Å². The fourth-order valence-corrected chi connectivity index (χ4v) is 1.05. The van der Waals surface area contributed by atoms with E-state index in [1.54, 1.807) is 30.3 Å². The van der Waals surface area contributed by atoms with E-state index in [1.165, 1.54) is 0 Å². The normalized spacial score (nSPS) is 11.4. The first kappa shape index (κ1) is 10.5. The Morgan fingerprint density at radius 1 is 1.12 bits per heavy atom. The number of nitrogens with zero attached hydrogens (tertiary/aromatic N) is 2. The van der Waals surface area contributed by atoms with E-state index in [1.807, 2.05) is 0 Å². The molecule has 0 atom stereocenters. The van der Waals surface area contributed by atoms with Gasteiger partial charge in [-0.05, 0) is 0 Å². The molecule has 2 rings (SSSR count). The summed E-state index contributed by atoms with van der Waals surface area (Å²) in [5.74, 6) is 0.0415. The number of alkyl halides is 3. The minimum atomic E-state index is -4.83. The molecule has 1 aromatic heterocycles. The third kappa shape index (κ3) is 2.50. The Hall–Kier alpha value is -2.05. The lowest BCUT2D eigenvalue weighted by Crippen LogP contribution is -2.17. The first-order chi connectivity index (χ1) is 7.54. The standard InChI is InChI=1S/C9H5F3N2O2/c10-9(11,12)15-8-13-7(14-16-8)6-4-2-1-3-5-6/h1-5H. The average Bonchev–Trinajstić information content (AvgIpc) is 2.65. The summed E-state index contributed by atoms with van der Waals surface area (Å²) in [4.78, 5) is 3.45. The van der Waals surface area contributed by atoms with Gasteiger partial charge in [-0.1, -0.05) is 35.5 Å². The molecule has 2 aromatic rings. The third-order valence-electron chi connectivity index (χ3n) is 1.64. The van der Waals surface area contributed by atoms with Crippen LogP contribution in [0.4, 0.5) is 13.2 Å². The highest BCUT2D eigenvalue weighted by molar-refractivity contribution is 5.53. The Kier molecular flexibility index (Phi) is 2.51. The van der Waals surface area contributed by atoms with Crippen LogP contribution in [0.25, 0.3) is 11.4 Å². The zero-order valence-electron chi connectivity index (χ0n) is 7.73. The lowest BCUT2D eigenvalue weighted by atomic mass is 10.2. The molecule has 7 heteroatoms. The predicted molar refractivity (Wildman–Crippen MR) is 46.4 cm³/mol. The first-order valence-electron chi connectivity index (χ1n) is 4.19. The highest BCUT2D eigenvalue weighted by Gasteiger charge is 2.34. The van der Waals surface area contributed by atoms with E-state index in [9.17, 15) is 13.2 Å². The van der Waals surface area contributed by atoms with Crippen LogP contribution in [0.5, 0.6) is 6.08 Å². The largest absolute Gasteiger partial charge is 0.576 e. The predicted octanol–water partition coefficient (Wildman–Crippen LogP) is 2.64. The van der Waals surface area contributed by atoms with Gasteiger partial charge in [-0.3, -0.25) is 4.52 Å². The summed E-state index contributed by atoms with van der Waals surface area (Å²) in [6.07, 6.45) is -5.76. The topological polar surface area (TPSA) is 48.2 Å². The summed E-state index contributed by atoms with van der Waals surface area (Å²) in [5, 5.41) is 3.36. The Balaban J connectivity index is 2.21. The summed E-state index contributed by atoms with van der Waals surface area (Å²) in [6, 6.07) is 8.45. The molecule has 0 radical (unpaired) electrons. The molecule has 0 aliphatic heterocycles. The Morgan fingerprint density at radius 3 is 2.44 bits per heavy atom. The Labute approximate surface area is 87.6 Å². The van der Waals surface area contributed by atoms with Gasteiger partial charge in [-0.15, -0.1) is 13.2 Å². The van der Waals surface area contributed by atoms with Crippen molar-refractivity contribution >= 4 is 0 Å². The monoisotopic (exact) mass is 230 g/mol. The van der Waals surface area contributed by atoms with E-state index >= 15 is 0 Å². The van der Waals surface area contributed by atoms with Crippen molar-refractivity contribution in [1.29, 1.82) is 0 Å². The molecule has 0 aliphatic rings. The number of hydrogen-bond donors (Lipinski definition) is 0. The van der Waals surface area contributed by atoms with E-state index in [0.29, 0.717) is 5.56 Å². The zero-order chi connectivity index (χ0) is 11.6. The molecular weight excluding hydrogens is 225 g/mol. The van der Waals surface area contributed by atoms with Crippen LogP contribution < -0.4 is 4.74 Å². The maximum Gasteiger partial charge on any atom is 0.576 e. The average molecular weight is 230 g/mol. The highest BCUT2D eigenvalue weighted by Crippen LogP contribution is 2.23. The number of aromatic nitrogens is 2. The van der Waals surface area contributed by atoms with Crippen LogP contribution in [-0.4, -0.2) is 16.5 Å². The molecule has 0 fully saturated rings. The van der Waals surface area contributed by atoms with Gasteiger partial charge in [0.25, 0.3) is 0 Å². The van der Waals surface area contributed by atoms with Gasteiger partial charge in [0, 0.05) is 5.56 Å². The number of hydrogen-bond acceptors (Lipinski definition) is 4. The van der Waals surface area contributed by atoms with Crippen molar-refractivity contribution in [3.8, 4) is 17.5 Å². The van der Waals surface area contributed by atoms with E-state index in [-0.39, 0.29) is 5.82 Å². The van der Waals surface area contributed by atoms with Crippen LogP contribution in [0.1, 0.15) is 0 Å². The van der Waals surface area contributed by atoms with Crippen molar-refractivity contribution in [3.05, 3.63) is 30.3 Å². The number of halogens is 3. The molecule has 0 bridgehead atoms. The molecule has 4 nitrogen and oxygen atoms in total. The number of rotatable bonds is 2. The summed E-state index contributed by atoms with van der Waals surface area (Å²) in [7, 11) is 0. The van der Waals surface area contributed by atoms with Crippen molar-refractivity contribution in [2.75, 3.05) is 0 Å². The molecule has 1 aromatic carbocycles. The van der Waals surface area contributed by atoms with Crippen LogP contribution in [0, 0.1) is 0 Å². The maximum atomic E-state index is 11.8. The van der Waals surface area contributed by atoms with Gasteiger partial charge in [0.05, 0.1) is 0 Å². The molecule has 0 N–H and O–H groups in total. The quantitative estimate of drug-likeness (QED) is 0.795. The van der Waals surface area contributed by atoms with Crippen LogP contribution in [0.2, 0.25) is 0 Å². The number of benzene rings is 1. The second kappa shape index (κ2) is 3.84. The van der Waals surface area contributed by atoms with Crippen molar-refractivity contribution in [3.63, 3.8) is 0 Å². The minimum absolute atomic E-state index is 0.0415. The molecule has 0 saturated heterocycles. The fraction of sp³-hybridized carbons (Fsp3) is 0.111. The van der Waals surface area contributed by atoms with E-state index < -0.39 is 12.4 Å². The molecule has 0 aliphatic carbocycles. The van der Waals surface area contributed by atoms with E-state index in [2.05, 4.69) is 19.4 Å². The molecule has 0 saturated carbocycles. The minimum Gasteiger partial charge on any atom is -0.355 e. The van der Waals surface area contributed by atoms with E-state index in [4.69, 9.17) is 0 Å².